The van der Waals surface area contributed by atoms with E-state index in [1.54, 1.807) is 0 Å². The average Bonchev–Trinajstić information content (AvgIpc) is 2.36. The highest BCUT2D eigenvalue weighted by atomic mass is 79.9. The summed E-state index contributed by atoms with van der Waals surface area (Å²) in [4.78, 5) is 33.8. The molecule has 0 fully saturated rings. The molecule has 0 spiro atoms. The SMILES string of the molecule is C#CCN(CC(=O)O)C(=O)c1cc(Br)cc([N+](=O)[O-])c1. The van der Waals surface area contributed by atoms with Crippen LogP contribution in [0.25, 0.3) is 0 Å². The first-order chi connectivity index (χ1) is 9.35. The van der Waals surface area contributed by atoms with Crippen molar-refractivity contribution in [2.45, 2.75) is 0 Å². The van der Waals surface area contributed by atoms with Gasteiger partial charge in [0.25, 0.3) is 11.6 Å². The molecule has 0 aliphatic carbocycles. The number of nitro benzene ring substituents is 1. The van der Waals surface area contributed by atoms with Crippen LogP contribution in [0.3, 0.4) is 0 Å². The fourth-order valence-electron chi connectivity index (χ4n) is 1.46. The van der Waals surface area contributed by atoms with E-state index in [2.05, 4.69) is 21.9 Å². The Bertz CT molecular complexity index is 608. The number of carbonyl (C=O) groups excluding carboxylic acids is 1. The Hall–Kier alpha value is -2.40. The second kappa shape index (κ2) is 6.68. The Morgan fingerprint density at radius 3 is 2.60 bits per heavy atom. The van der Waals surface area contributed by atoms with Crippen molar-refractivity contribution in [2.24, 2.45) is 0 Å². The molecule has 1 rings (SSSR count). The molecule has 0 radical (unpaired) electrons. The summed E-state index contributed by atoms with van der Waals surface area (Å²) < 4.78 is 0.339. The number of amides is 1. The van der Waals surface area contributed by atoms with Crippen molar-refractivity contribution in [3.63, 3.8) is 0 Å². The maximum atomic E-state index is 12.1. The molecule has 0 aromatic heterocycles. The second-order valence-corrected chi connectivity index (χ2v) is 4.63. The molecule has 0 aliphatic heterocycles. The van der Waals surface area contributed by atoms with Crippen LogP contribution in [0.4, 0.5) is 5.69 Å². The number of hydrogen-bond acceptors (Lipinski definition) is 4. The fraction of sp³-hybridized carbons (Fsp3) is 0.167. The third kappa shape index (κ3) is 4.07. The van der Waals surface area contributed by atoms with Gasteiger partial charge in [-0.3, -0.25) is 19.7 Å². The van der Waals surface area contributed by atoms with Crippen molar-refractivity contribution in [3.8, 4) is 12.3 Å². The van der Waals surface area contributed by atoms with Gasteiger partial charge in [0.15, 0.2) is 0 Å². The minimum atomic E-state index is -1.22. The highest BCUT2D eigenvalue weighted by Crippen LogP contribution is 2.22. The van der Waals surface area contributed by atoms with Crippen LogP contribution in [0.2, 0.25) is 0 Å². The molecular formula is C12H9BrN2O5. The average molecular weight is 341 g/mol. The number of carboxylic acids is 1. The largest absolute Gasteiger partial charge is 0.480 e. The van der Waals surface area contributed by atoms with Gasteiger partial charge in [0, 0.05) is 22.2 Å². The van der Waals surface area contributed by atoms with Crippen LogP contribution in [-0.2, 0) is 4.79 Å². The summed E-state index contributed by atoms with van der Waals surface area (Å²) in [5, 5.41) is 19.5. The summed E-state index contributed by atoms with van der Waals surface area (Å²) in [6.07, 6.45) is 5.07. The highest BCUT2D eigenvalue weighted by molar-refractivity contribution is 9.10. The van der Waals surface area contributed by atoms with Crippen molar-refractivity contribution in [1.29, 1.82) is 0 Å². The molecule has 104 valence electrons. The summed E-state index contributed by atoms with van der Waals surface area (Å²) in [7, 11) is 0. The van der Waals surface area contributed by atoms with Crippen LogP contribution >= 0.6 is 15.9 Å². The summed E-state index contributed by atoms with van der Waals surface area (Å²) in [5.41, 5.74) is -0.290. The molecule has 1 aromatic rings. The van der Waals surface area contributed by atoms with E-state index < -0.39 is 23.3 Å². The quantitative estimate of drug-likeness (QED) is 0.497. The maximum absolute atomic E-state index is 12.1. The lowest BCUT2D eigenvalue weighted by Crippen LogP contribution is -2.36. The van der Waals surface area contributed by atoms with Crippen LogP contribution in [-0.4, -0.2) is 39.9 Å². The van der Waals surface area contributed by atoms with Gasteiger partial charge < -0.3 is 10.0 Å². The first-order valence-corrected chi connectivity index (χ1v) is 6.04. The number of carbonyl (C=O) groups is 2. The molecule has 0 unspecified atom stereocenters. The van der Waals surface area contributed by atoms with E-state index >= 15 is 0 Å². The Balaban J connectivity index is 3.14. The zero-order valence-electron chi connectivity index (χ0n) is 10.1. The predicted molar refractivity (Wildman–Crippen MR) is 73.2 cm³/mol. The monoisotopic (exact) mass is 340 g/mol. The third-order valence-corrected chi connectivity index (χ3v) is 2.69. The van der Waals surface area contributed by atoms with E-state index in [-0.39, 0.29) is 17.8 Å². The molecule has 8 heteroatoms. The highest BCUT2D eigenvalue weighted by Gasteiger charge is 2.20. The van der Waals surface area contributed by atoms with Gasteiger partial charge in [0.1, 0.15) is 6.54 Å². The third-order valence-electron chi connectivity index (χ3n) is 2.24. The van der Waals surface area contributed by atoms with Crippen molar-refractivity contribution < 1.29 is 19.6 Å². The Morgan fingerprint density at radius 1 is 1.45 bits per heavy atom. The van der Waals surface area contributed by atoms with E-state index in [1.165, 1.54) is 12.1 Å². The van der Waals surface area contributed by atoms with Crippen molar-refractivity contribution in [2.75, 3.05) is 13.1 Å². The number of nitrogens with zero attached hydrogens (tertiary/aromatic N) is 2. The molecule has 0 atom stereocenters. The summed E-state index contributed by atoms with van der Waals surface area (Å²) in [5.74, 6) is 0.263. The van der Waals surface area contributed by atoms with Crippen molar-refractivity contribution >= 4 is 33.5 Å². The number of aliphatic carboxylic acids is 1. The Morgan fingerprint density at radius 2 is 2.10 bits per heavy atom. The summed E-state index contributed by atoms with van der Waals surface area (Å²) in [6.45, 7) is -0.783. The topological polar surface area (TPSA) is 101 Å². The lowest BCUT2D eigenvalue weighted by atomic mass is 10.1. The molecule has 0 aliphatic rings. The summed E-state index contributed by atoms with van der Waals surface area (Å²) in [6, 6.07) is 3.67. The number of nitro groups is 1. The smallest absolute Gasteiger partial charge is 0.323 e. The summed E-state index contributed by atoms with van der Waals surface area (Å²) >= 11 is 3.06. The van der Waals surface area contributed by atoms with Crippen LogP contribution in [0.15, 0.2) is 22.7 Å². The first-order valence-electron chi connectivity index (χ1n) is 5.24. The maximum Gasteiger partial charge on any atom is 0.323 e. The zero-order valence-corrected chi connectivity index (χ0v) is 11.7. The van der Waals surface area contributed by atoms with E-state index in [0.717, 1.165) is 11.0 Å². The van der Waals surface area contributed by atoms with Gasteiger partial charge in [-0.05, 0) is 6.07 Å². The second-order valence-electron chi connectivity index (χ2n) is 3.71. The Kier molecular flexibility index (Phi) is 5.23. The molecule has 20 heavy (non-hydrogen) atoms. The molecule has 1 N–H and O–H groups in total. The number of halogens is 1. The molecule has 0 heterocycles. The predicted octanol–water partition coefficient (Wildman–Crippen LogP) is 1.52. The van der Waals surface area contributed by atoms with Gasteiger partial charge in [-0.25, -0.2) is 0 Å². The van der Waals surface area contributed by atoms with Gasteiger partial charge in [0.2, 0.25) is 0 Å². The van der Waals surface area contributed by atoms with E-state index in [9.17, 15) is 19.7 Å². The van der Waals surface area contributed by atoms with Crippen LogP contribution in [0, 0.1) is 22.5 Å². The standard InChI is InChI=1S/C12H9BrN2O5/c1-2-3-14(7-11(16)17)12(18)8-4-9(13)6-10(5-8)15(19)20/h1,4-6H,3,7H2,(H,16,17). The van der Waals surface area contributed by atoms with Crippen LogP contribution in [0.5, 0.6) is 0 Å². The van der Waals surface area contributed by atoms with Crippen LogP contribution < -0.4 is 0 Å². The molecule has 1 amide bonds. The van der Waals surface area contributed by atoms with Gasteiger partial charge >= 0.3 is 5.97 Å². The van der Waals surface area contributed by atoms with Gasteiger partial charge in [-0.2, -0.15) is 0 Å². The van der Waals surface area contributed by atoms with Crippen molar-refractivity contribution in [1.82, 2.24) is 4.90 Å². The van der Waals surface area contributed by atoms with Gasteiger partial charge in [-0.15, -0.1) is 6.42 Å². The number of carboxylic acid groups (broad SMARTS) is 1. The molecule has 0 saturated heterocycles. The van der Waals surface area contributed by atoms with Gasteiger partial charge in [0.05, 0.1) is 11.5 Å². The van der Waals surface area contributed by atoms with E-state index in [0.29, 0.717) is 4.47 Å². The number of rotatable bonds is 5. The minimum Gasteiger partial charge on any atom is -0.480 e. The Labute approximate surface area is 122 Å². The lowest BCUT2D eigenvalue weighted by molar-refractivity contribution is -0.385. The zero-order chi connectivity index (χ0) is 15.3. The number of non-ortho nitro benzene ring substituents is 1. The van der Waals surface area contributed by atoms with Crippen molar-refractivity contribution in [3.05, 3.63) is 38.3 Å². The van der Waals surface area contributed by atoms with E-state index in [4.69, 9.17) is 11.5 Å². The molecule has 0 bridgehead atoms. The first kappa shape index (κ1) is 15.7. The minimum absolute atomic E-state index is 0.0115. The molecule has 0 saturated carbocycles. The molecule has 7 nitrogen and oxygen atoms in total. The van der Waals surface area contributed by atoms with Crippen LogP contribution in [0.1, 0.15) is 10.4 Å². The normalized spacial score (nSPS) is 9.60. The van der Waals surface area contributed by atoms with Gasteiger partial charge in [-0.1, -0.05) is 21.9 Å². The molecular weight excluding hydrogens is 332 g/mol. The number of hydrogen-bond donors (Lipinski definition) is 1. The lowest BCUT2D eigenvalue weighted by Gasteiger charge is -2.17. The number of benzene rings is 1. The van der Waals surface area contributed by atoms with E-state index in [1.807, 2.05) is 0 Å². The number of terminal acetylenes is 1. The molecule has 1 aromatic carbocycles. The fourth-order valence-corrected chi connectivity index (χ4v) is 1.94.